The second-order valence-electron chi connectivity index (χ2n) is 6.81. The van der Waals surface area contributed by atoms with Crippen molar-refractivity contribution in [1.29, 1.82) is 0 Å². The minimum atomic E-state index is -0.258. The summed E-state index contributed by atoms with van der Waals surface area (Å²) in [6.45, 7) is 3.39. The zero-order chi connectivity index (χ0) is 20.4. The van der Waals surface area contributed by atoms with Gasteiger partial charge in [-0.3, -0.25) is 14.6 Å². The first-order valence-electron chi connectivity index (χ1n) is 9.28. The Balaban J connectivity index is 1.53. The van der Waals surface area contributed by atoms with Crippen LogP contribution in [0.25, 0.3) is 10.9 Å². The van der Waals surface area contributed by atoms with Crippen molar-refractivity contribution < 1.29 is 14.3 Å². The van der Waals surface area contributed by atoms with Crippen molar-refractivity contribution in [3.63, 3.8) is 0 Å². The van der Waals surface area contributed by atoms with Gasteiger partial charge in [0, 0.05) is 18.5 Å². The quantitative estimate of drug-likeness (QED) is 0.707. The molecule has 2 aromatic heterocycles. The fourth-order valence-corrected chi connectivity index (χ4v) is 3.29. The van der Waals surface area contributed by atoms with E-state index in [-0.39, 0.29) is 18.4 Å². The van der Waals surface area contributed by atoms with Gasteiger partial charge in [0.2, 0.25) is 5.91 Å². The summed E-state index contributed by atoms with van der Waals surface area (Å²) in [4.78, 5) is 35.1. The van der Waals surface area contributed by atoms with Crippen molar-refractivity contribution in [2.45, 2.75) is 6.92 Å². The second kappa shape index (κ2) is 7.75. The number of benzene rings is 1. The first-order valence-corrected chi connectivity index (χ1v) is 9.28. The Morgan fingerprint density at radius 3 is 2.83 bits per heavy atom. The highest BCUT2D eigenvalue weighted by Crippen LogP contribution is 2.23. The number of carbonyl (C=O) groups excluding carboxylic acids is 2. The van der Waals surface area contributed by atoms with Gasteiger partial charge in [-0.25, -0.2) is 4.98 Å². The Labute approximate surface area is 167 Å². The van der Waals surface area contributed by atoms with Gasteiger partial charge in [0.05, 0.1) is 42.3 Å². The van der Waals surface area contributed by atoms with Gasteiger partial charge in [-0.15, -0.1) is 0 Å². The van der Waals surface area contributed by atoms with Gasteiger partial charge in [-0.1, -0.05) is 0 Å². The molecule has 0 saturated carbocycles. The molecule has 0 bridgehead atoms. The number of ether oxygens (including phenoxy) is 1. The van der Waals surface area contributed by atoms with Crippen molar-refractivity contribution in [2.24, 2.45) is 0 Å². The molecular weight excluding hydrogens is 370 g/mol. The van der Waals surface area contributed by atoms with E-state index in [1.165, 1.54) is 0 Å². The maximum absolute atomic E-state index is 12.8. The van der Waals surface area contributed by atoms with Crippen LogP contribution in [0.4, 0.5) is 11.5 Å². The summed E-state index contributed by atoms with van der Waals surface area (Å²) < 4.78 is 5.25. The average molecular weight is 391 g/mol. The number of nitrogens with zero attached hydrogens (tertiary/aromatic N) is 3. The lowest BCUT2D eigenvalue weighted by Crippen LogP contribution is -2.48. The number of anilines is 2. The highest BCUT2D eigenvalue weighted by atomic mass is 16.5. The predicted octanol–water partition coefficient (Wildman–Crippen LogP) is 2.14. The van der Waals surface area contributed by atoms with Gasteiger partial charge in [-0.2, -0.15) is 0 Å². The molecule has 8 nitrogen and oxygen atoms in total. The fourth-order valence-electron chi connectivity index (χ4n) is 3.29. The number of aryl methyl sites for hydroxylation is 1. The van der Waals surface area contributed by atoms with Crippen LogP contribution in [0.1, 0.15) is 16.1 Å². The molecule has 0 spiro atoms. The van der Waals surface area contributed by atoms with Gasteiger partial charge in [0.1, 0.15) is 11.6 Å². The lowest BCUT2D eigenvalue weighted by molar-refractivity contribution is -0.120. The minimum absolute atomic E-state index is 0.0219. The number of nitrogens with one attached hydrogen (secondary N) is 2. The standard InChI is InChI=1S/C21H21N5O3/c1-13-17(10-14-9-16(29-2)4-5-18(14)24-13)21(28)25-15-3-6-19(23-11-15)26-8-7-22-20(27)12-26/h3-6,9-11H,7-8,12H2,1-2H3,(H,22,27)(H,25,28). The molecule has 0 radical (unpaired) electrons. The Morgan fingerprint density at radius 2 is 2.10 bits per heavy atom. The Morgan fingerprint density at radius 1 is 1.24 bits per heavy atom. The lowest BCUT2D eigenvalue weighted by atomic mass is 10.1. The number of hydrogen-bond acceptors (Lipinski definition) is 6. The molecule has 1 aliphatic rings. The van der Waals surface area contributed by atoms with Gasteiger partial charge in [0.25, 0.3) is 5.91 Å². The topological polar surface area (TPSA) is 96.5 Å². The van der Waals surface area contributed by atoms with E-state index in [0.717, 1.165) is 10.9 Å². The number of amides is 2. The molecule has 1 aromatic carbocycles. The van der Waals surface area contributed by atoms with Crippen LogP contribution in [-0.2, 0) is 4.79 Å². The predicted molar refractivity (Wildman–Crippen MR) is 110 cm³/mol. The molecule has 29 heavy (non-hydrogen) atoms. The molecule has 3 aromatic rings. The second-order valence-corrected chi connectivity index (χ2v) is 6.81. The van der Waals surface area contributed by atoms with Crippen molar-refractivity contribution >= 4 is 34.2 Å². The van der Waals surface area contributed by atoms with Crippen molar-refractivity contribution in [3.8, 4) is 5.75 Å². The van der Waals surface area contributed by atoms with Crippen molar-refractivity contribution in [2.75, 3.05) is 37.0 Å². The molecule has 0 unspecified atom stereocenters. The number of rotatable bonds is 4. The lowest BCUT2D eigenvalue weighted by Gasteiger charge is -2.27. The van der Waals surface area contributed by atoms with E-state index < -0.39 is 0 Å². The van der Waals surface area contributed by atoms with Crippen LogP contribution in [0.15, 0.2) is 42.6 Å². The molecule has 1 saturated heterocycles. The van der Waals surface area contributed by atoms with Gasteiger partial charge < -0.3 is 20.3 Å². The summed E-state index contributed by atoms with van der Waals surface area (Å²) in [5.74, 6) is 1.13. The largest absolute Gasteiger partial charge is 0.497 e. The third kappa shape index (κ3) is 3.96. The summed E-state index contributed by atoms with van der Waals surface area (Å²) >= 11 is 0. The summed E-state index contributed by atoms with van der Waals surface area (Å²) in [6, 6.07) is 10.9. The van der Waals surface area contributed by atoms with Crippen molar-refractivity contribution in [3.05, 3.63) is 53.9 Å². The average Bonchev–Trinajstić information content (AvgIpc) is 2.73. The monoisotopic (exact) mass is 391 g/mol. The number of hydrogen-bond donors (Lipinski definition) is 2. The molecule has 0 aliphatic carbocycles. The smallest absolute Gasteiger partial charge is 0.257 e. The molecule has 1 aliphatic heterocycles. The van der Waals surface area contributed by atoms with Crippen LogP contribution in [-0.4, -0.2) is 48.5 Å². The van der Waals surface area contributed by atoms with E-state index in [2.05, 4.69) is 20.6 Å². The Kier molecular flexibility index (Phi) is 4.99. The van der Waals surface area contributed by atoms with E-state index in [1.807, 2.05) is 29.2 Å². The maximum Gasteiger partial charge on any atom is 0.257 e. The molecule has 3 heterocycles. The third-order valence-corrected chi connectivity index (χ3v) is 4.83. The number of methoxy groups -OCH3 is 1. The van der Waals surface area contributed by atoms with Crippen molar-refractivity contribution in [1.82, 2.24) is 15.3 Å². The van der Waals surface area contributed by atoms with E-state index in [9.17, 15) is 9.59 Å². The molecule has 1 fully saturated rings. The molecule has 0 atom stereocenters. The van der Waals surface area contributed by atoms with Crippen LogP contribution in [0, 0.1) is 6.92 Å². The minimum Gasteiger partial charge on any atom is -0.497 e. The van der Waals surface area contributed by atoms with Crippen LogP contribution in [0.3, 0.4) is 0 Å². The number of fused-ring (bicyclic) bond motifs is 1. The number of carbonyl (C=O) groups is 2. The van der Waals surface area contributed by atoms with Crippen LogP contribution in [0.5, 0.6) is 5.75 Å². The van der Waals surface area contributed by atoms with E-state index in [0.29, 0.717) is 41.6 Å². The molecule has 4 rings (SSSR count). The Bertz CT molecular complexity index is 1080. The fraction of sp³-hybridized carbons (Fsp3) is 0.238. The highest BCUT2D eigenvalue weighted by Gasteiger charge is 2.18. The van der Waals surface area contributed by atoms with Gasteiger partial charge >= 0.3 is 0 Å². The van der Waals surface area contributed by atoms with E-state index in [1.54, 1.807) is 32.4 Å². The summed E-state index contributed by atoms with van der Waals surface area (Å²) in [5, 5.41) is 6.47. The van der Waals surface area contributed by atoms with Crippen LogP contribution in [0.2, 0.25) is 0 Å². The first kappa shape index (κ1) is 18.7. The molecule has 2 N–H and O–H groups in total. The number of pyridine rings is 2. The van der Waals surface area contributed by atoms with E-state index in [4.69, 9.17) is 4.74 Å². The first-order chi connectivity index (χ1) is 14.0. The van der Waals surface area contributed by atoms with Crippen LogP contribution >= 0.6 is 0 Å². The number of piperazine rings is 1. The van der Waals surface area contributed by atoms with Gasteiger partial charge in [-0.05, 0) is 43.3 Å². The number of aromatic nitrogens is 2. The summed E-state index contributed by atoms with van der Waals surface area (Å²) in [6.07, 6.45) is 1.59. The van der Waals surface area contributed by atoms with Gasteiger partial charge in [0.15, 0.2) is 0 Å². The highest BCUT2D eigenvalue weighted by molar-refractivity contribution is 6.06. The molecule has 148 valence electrons. The zero-order valence-corrected chi connectivity index (χ0v) is 16.2. The summed E-state index contributed by atoms with van der Waals surface area (Å²) in [5.41, 5.74) is 2.51. The molecule has 8 heteroatoms. The molecule has 2 amide bonds. The zero-order valence-electron chi connectivity index (χ0n) is 16.2. The SMILES string of the molecule is COc1ccc2nc(C)c(C(=O)Nc3ccc(N4CCNC(=O)C4)nc3)cc2c1. The third-order valence-electron chi connectivity index (χ3n) is 4.83. The van der Waals surface area contributed by atoms with Crippen LogP contribution < -0.4 is 20.3 Å². The maximum atomic E-state index is 12.8. The Hall–Kier alpha value is -3.68. The summed E-state index contributed by atoms with van der Waals surface area (Å²) in [7, 11) is 1.60. The molecular formula is C21H21N5O3. The van der Waals surface area contributed by atoms with E-state index >= 15 is 0 Å². The normalized spacial score (nSPS) is 13.9.